The first kappa shape index (κ1) is 17.9. The zero-order valence-electron chi connectivity index (χ0n) is 11.8. The molecule has 0 radical (unpaired) electrons. The molecule has 0 atom stereocenters. The van der Waals surface area contributed by atoms with Gasteiger partial charge < -0.3 is 5.32 Å². The number of benzene rings is 2. The van der Waals surface area contributed by atoms with Crippen LogP contribution in [0.1, 0.15) is 15.9 Å². The predicted octanol–water partition coefficient (Wildman–Crippen LogP) is 1.82. The van der Waals surface area contributed by atoms with Gasteiger partial charge in [0.15, 0.2) is 23.3 Å². The molecule has 0 heterocycles. The SMILES string of the molecule is NS(=O)(=O)c1ccc(CNC(=O)c2c(F)c(F)cc(F)c2F)cc1. The number of hydrogen-bond donors (Lipinski definition) is 2. The number of halogens is 4. The van der Waals surface area contributed by atoms with Gasteiger partial charge in [0.05, 0.1) is 4.90 Å². The molecule has 0 aliphatic heterocycles. The minimum atomic E-state index is -3.88. The Bertz CT molecular complexity index is 873. The summed E-state index contributed by atoms with van der Waals surface area (Å²) in [6.07, 6.45) is 0. The number of sulfonamides is 1. The van der Waals surface area contributed by atoms with E-state index in [0.717, 1.165) is 0 Å². The van der Waals surface area contributed by atoms with Crippen LogP contribution in [0.2, 0.25) is 0 Å². The Morgan fingerprint density at radius 1 is 1.00 bits per heavy atom. The summed E-state index contributed by atoms with van der Waals surface area (Å²) in [5, 5.41) is 6.99. The number of rotatable bonds is 4. The van der Waals surface area contributed by atoms with E-state index in [1.807, 2.05) is 0 Å². The number of nitrogens with two attached hydrogens (primary N) is 1. The van der Waals surface area contributed by atoms with Gasteiger partial charge in [0.2, 0.25) is 10.0 Å². The Kier molecular flexibility index (Phi) is 4.90. The third-order valence-electron chi connectivity index (χ3n) is 3.04. The Balaban J connectivity index is 2.17. The number of nitrogens with one attached hydrogen (secondary N) is 1. The fraction of sp³-hybridized carbons (Fsp3) is 0.0714. The zero-order valence-corrected chi connectivity index (χ0v) is 12.6. The smallest absolute Gasteiger partial charge is 0.257 e. The van der Waals surface area contributed by atoms with Crippen LogP contribution >= 0.6 is 0 Å². The Labute approximate surface area is 134 Å². The highest BCUT2D eigenvalue weighted by molar-refractivity contribution is 7.89. The molecule has 0 spiro atoms. The number of carbonyl (C=O) groups excluding carboxylic acids is 1. The van der Waals surface area contributed by atoms with Gasteiger partial charge in [-0.25, -0.2) is 31.1 Å². The van der Waals surface area contributed by atoms with Gasteiger partial charge in [-0.1, -0.05) is 12.1 Å². The van der Waals surface area contributed by atoms with Crippen molar-refractivity contribution in [3.63, 3.8) is 0 Å². The van der Waals surface area contributed by atoms with E-state index in [-0.39, 0.29) is 17.5 Å². The molecule has 2 aromatic carbocycles. The predicted molar refractivity (Wildman–Crippen MR) is 75.3 cm³/mol. The van der Waals surface area contributed by atoms with Gasteiger partial charge in [0, 0.05) is 12.6 Å². The quantitative estimate of drug-likeness (QED) is 0.642. The third-order valence-corrected chi connectivity index (χ3v) is 3.97. The molecule has 0 bridgehead atoms. The maximum atomic E-state index is 13.5. The standard InChI is InChI=1S/C14H10F4N2O3S/c15-9-5-10(16)13(18)11(12(9)17)14(21)20-6-7-1-3-8(4-2-7)24(19,22)23/h1-5H,6H2,(H,20,21)(H2,19,22,23). The minimum Gasteiger partial charge on any atom is -0.348 e. The van der Waals surface area contributed by atoms with Crippen molar-refractivity contribution in [2.75, 3.05) is 0 Å². The van der Waals surface area contributed by atoms with E-state index < -0.39 is 44.8 Å². The van der Waals surface area contributed by atoms with E-state index in [1.54, 1.807) is 0 Å². The van der Waals surface area contributed by atoms with Crippen molar-refractivity contribution in [3.05, 3.63) is 64.7 Å². The van der Waals surface area contributed by atoms with Crippen LogP contribution in [0.3, 0.4) is 0 Å². The van der Waals surface area contributed by atoms with Gasteiger partial charge in [0.25, 0.3) is 5.91 Å². The molecule has 1 amide bonds. The first-order valence-electron chi connectivity index (χ1n) is 6.34. The van der Waals surface area contributed by atoms with Gasteiger partial charge in [-0.15, -0.1) is 0 Å². The molecular weight excluding hydrogens is 352 g/mol. The lowest BCUT2D eigenvalue weighted by Gasteiger charge is -2.09. The largest absolute Gasteiger partial charge is 0.348 e. The second kappa shape index (κ2) is 6.57. The molecule has 3 N–H and O–H groups in total. The van der Waals surface area contributed by atoms with E-state index in [0.29, 0.717) is 5.56 Å². The number of amides is 1. The van der Waals surface area contributed by atoms with Crippen LogP contribution in [0.25, 0.3) is 0 Å². The maximum Gasteiger partial charge on any atom is 0.257 e. The molecule has 0 aromatic heterocycles. The molecule has 24 heavy (non-hydrogen) atoms. The highest BCUT2D eigenvalue weighted by Gasteiger charge is 2.24. The molecule has 0 fully saturated rings. The van der Waals surface area contributed by atoms with Crippen molar-refractivity contribution in [1.82, 2.24) is 5.32 Å². The molecule has 0 saturated carbocycles. The molecule has 0 aliphatic carbocycles. The molecule has 128 valence electrons. The van der Waals surface area contributed by atoms with Crippen LogP contribution in [0, 0.1) is 23.3 Å². The van der Waals surface area contributed by atoms with Crippen molar-refractivity contribution in [2.24, 2.45) is 5.14 Å². The second-order valence-corrected chi connectivity index (χ2v) is 6.28. The Morgan fingerprint density at radius 3 is 1.96 bits per heavy atom. The van der Waals surface area contributed by atoms with Crippen molar-refractivity contribution < 1.29 is 30.8 Å². The zero-order chi connectivity index (χ0) is 18.1. The number of carbonyl (C=O) groups is 1. The first-order valence-corrected chi connectivity index (χ1v) is 7.89. The fourth-order valence-corrected chi connectivity index (χ4v) is 2.36. The summed E-state index contributed by atoms with van der Waals surface area (Å²) < 4.78 is 75.3. The Morgan fingerprint density at radius 2 is 1.50 bits per heavy atom. The topological polar surface area (TPSA) is 89.3 Å². The molecule has 2 aromatic rings. The van der Waals surface area contributed by atoms with E-state index in [1.165, 1.54) is 24.3 Å². The van der Waals surface area contributed by atoms with E-state index in [2.05, 4.69) is 5.32 Å². The van der Waals surface area contributed by atoms with Crippen LogP contribution in [-0.2, 0) is 16.6 Å². The molecule has 0 aliphatic rings. The van der Waals surface area contributed by atoms with Gasteiger partial charge in [-0.05, 0) is 17.7 Å². The third kappa shape index (κ3) is 3.71. The van der Waals surface area contributed by atoms with Gasteiger partial charge in [0.1, 0.15) is 5.56 Å². The summed E-state index contributed by atoms with van der Waals surface area (Å²) in [5.74, 6) is -8.38. The van der Waals surface area contributed by atoms with Crippen molar-refractivity contribution in [2.45, 2.75) is 11.4 Å². The van der Waals surface area contributed by atoms with Crippen LogP contribution in [-0.4, -0.2) is 14.3 Å². The van der Waals surface area contributed by atoms with Gasteiger partial charge in [-0.2, -0.15) is 0 Å². The average Bonchev–Trinajstić information content (AvgIpc) is 2.51. The lowest BCUT2D eigenvalue weighted by Crippen LogP contribution is -2.26. The lowest BCUT2D eigenvalue weighted by atomic mass is 10.1. The Hall–Kier alpha value is -2.46. The first-order chi connectivity index (χ1) is 11.1. The molecular formula is C14H10F4N2O3S. The average molecular weight is 362 g/mol. The van der Waals surface area contributed by atoms with Gasteiger partial charge >= 0.3 is 0 Å². The summed E-state index contributed by atoms with van der Waals surface area (Å²) in [4.78, 5) is 11.6. The highest BCUT2D eigenvalue weighted by Crippen LogP contribution is 2.19. The summed E-state index contributed by atoms with van der Waals surface area (Å²) >= 11 is 0. The van der Waals surface area contributed by atoms with Crippen LogP contribution < -0.4 is 10.5 Å². The minimum absolute atomic E-state index is 0.00652. The molecule has 10 heteroatoms. The summed E-state index contributed by atoms with van der Waals surface area (Å²) in [6.45, 7) is -0.263. The maximum absolute atomic E-state index is 13.5. The molecule has 5 nitrogen and oxygen atoms in total. The normalized spacial score (nSPS) is 11.4. The van der Waals surface area contributed by atoms with Crippen LogP contribution in [0.5, 0.6) is 0 Å². The molecule has 2 rings (SSSR count). The fourth-order valence-electron chi connectivity index (χ4n) is 1.84. The second-order valence-electron chi connectivity index (χ2n) is 4.71. The van der Waals surface area contributed by atoms with Gasteiger partial charge in [-0.3, -0.25) is 4.79 Å². The summed E-state index contributed by atoms with van der Waals surface area (Å²) in [5.41, 5.74) is -1.01. The number of hydrogen-bond acceptors (Lipinski definition) is 3. The summed E-state index contributed by atoms with van der Waals surface area (Å²) in [7, 11) is -3.88. The lowest BCUT2D eigenvalue weighted by molar-refractivity contribution is 0.0940. The molecule has 0 saturated heterocycles. The van der Waals surface area contributed by atoms with E-state index in [9.17, 15) is 30.8 Å². The molecule has 0 unspecified atom stereocenters. The monoisotopic (exact) mass is 362 g/mol. The van der Waals surface area contributed by atoms with Crippen molar-refractivity contribution in [3.8, 4) is 0 Å². The van der Waals surface area contributed by atoms with Crippen LogP contribution in [0.15, 0.2) is 35.2 Å². The van der Waals surface area contributed by atoms with Crippen molar-refractivity contribution in [1.29, 1.82) is 0 Å². The van der Waals surface area contributed by atoms with Crippen LogP contribution in [0.4, 0.5) is 17.6 Å². The highest BCUT2D eigenvalue weighted by atomic mass is 32.2. The van der Waals surface area contributed by atoms with E-state index in [4.69, 9.17) is 5.14 Å². The van der Waals surface area contributed by atoms with Crippen molar-refractivity contribution >= 4 is 15.9 Å². The number of primary sulfonamides is 1. The van der Waals surface area contributed by atoms with E-state index >= 15 is 0 Å². The summed E-state index contributed by atoms with van der Waals surface area (Å²) in [6, 6.07) is 4.94.